The molecule has 1 heterocycles. The summed E-state index contributed by atoms with van der Waals surface area (Å²) < 4.78 is 10.9. The lowest BCUT2D eigenvalue weighted by Gasteiger charge is -2.11. The maximum atomic E-state index is 5.65. The van der Waals surface area contributed by atoms with E-state index in [1.165, 1.54) is 0 Å². The third-order valence-corrected chi connectivity index (χ3v) is 2.07. The Balaban J connectivity index is 1.97. The third kappa shape index (κ3) is 2.12. The van der Waals surface area contributed by atoms with Crippen LogP contribution in [0.5, 0.6) is 5.75 Å². The molecule has 1 aromatic rings. The van der Waals surface area contributed by atoms with Crippen LogP contribution in [0.1, 0.15) is 6.42 Å². The fourth-order valence-corrected chi connectivity index (χ4v) is 1.34. The van der Waals surface area contributed by atoms with E-state index in [1.54, 1.807) is 0 Å². The van der Waals surface area contributed by atoms with Crippen molar-refractivity contribution in [2.45, 2.75) is 12.5 Å². The van der Waals surface area contributed by atoms with Gasteiger partial charge in [0.2, 0.25) is 0 Å². The first-order valence-electron chi connectivity index (χ1n) is 4.44. The van der Waals surface area contributed by atoms with E-state index in [0.29, 0.717) is 6.61 Å². The molecule has 1 atom stereocenters. The first-order chi connectivity index (χ1) is 6.34. The lowest BCUT2D eigenvalue weighted by atomic mass is 10.3. The summed E-state index contributed by atoms with van der Waals surface area (Å²) in [6, 6.07) is 7.44. The van der Waals surface area contributed by atoms with Crippen molar-refractivity contribution in [3.63, 3.8) is 0 Å². The summed E-state index contributed by atoms with van der Waals surface area (Å²) in [6.45, 7) is 1.50. The van der Waals surface area contributed by atoms with Crippen LogP contribution in [0, 0.1) is 0 Å². The minimum atomic E-state index is 0.212. The van der Waals surface area contributed by atoms with E-state index in [0.717, 1.165) is 24.5 Å². The van der Waals surface area contributed by atoms with Crippen molar-refractivity contribution in [1.82, 2.24) is 0 Å². The molecular weight excluding hydrogens is 166 g/mol. The lowest BCUT2D eigenvalue weighted by molar-refractivity contribution is 0.141. The number of nitrogen functional groups attached to an aromatic ring is 1. The Labute approximate surface area is 77.5 Å². The second kappa shape index (κ2) is 3.66. The monoisotopic (exact) mass is 179 g/mol. The van der Waals surface area contributed by atoms with Gasteiger partial charge in [0.05, 0.1) is 13.2 Å². The van der Waals surface area contributed by atoms with Crippen LogP contribution >= 0.6 is 0 Å². The fourth-order valence-electron chi connectivity index (χ4n) is 1.34. The summed E-state index contributed by atoms with van der Waals surface area (Å²) in [5, 5.41) is 0. The smallest absolute Gasteiger partial charge is 0.124 e. The standard InChI is InChI=1S/C10H13NO2/c11-8-1-3-9(4-2-8)13-10-5-6-12-7-10/h1-4,10H,5-7,11H2/t10-/m1/s1. The van der Waals surface area contributed by atoms with E-state index in [-0.39, 0.29) is 6.10 Å². The largest absolute Gasteiger partial charge is 0.488 e. The summed E-state index contributed by atoms with van der Waals surface area (Å²) in [6.07, 6.45) is 1.19. The van der Waals surface area contributed by atoms with Gasteiger partial charge in [-0.1, -0.05) is 0 Å². The van der Waals surface area contributed by atoms with Crippen molar-refractivity contribution in [1.29, 1.82) is 0 Å². The van der Waals surface area contributed by atoms with Gasteiger partial charge in [0, 0.05) is 12.1 Å². The van der Waals surface area contributed by atoms with Crippen LogP contribution in [0.2, 0.25) is 0 Å². The minimum absolute atomic E-state index is 0.212. The molecular formula is C10H13NO2. The molecule has 0 saturated carbocycles. The number of ether oxygens (including phenoxy) is 2. The molecule has 1 aromatic carbocycles. The number of benzene rings is 1. The summed E-state index contributed by atoms with van der Waals surface area (Å²) in [4.78, 5) is 0. The molecule has 0 spiro atoms. The molecule has 13 heavy (non-hydrogen) atoms. The van der Waals surface area contributed by atoms with Gasteiger partial charge in [-0.05, 0) is 24.3 Å². The molecule has 0 aromatic heterocycles. The highest BCUT2D eigenvalue weighted by Gasteiger charge is 2.16. The molecule has 1 aliphatic rings. The second-order valence-electron chi connectivity index (χ2n) is 3.17. The minimum Gasteiger partial charge on any atom is -0.488 e. The van der Waals surface area contributed by atoms with Crippen molar-refractivity contribution in [2.75, 3.05) is 18.9 Å². The lowest BCUT2D eigenvalue weighted by Crippen LogP contribution is -2.15. The zero-order valence-electron chi connectivity index (χ0n) is 7.40. The fraction of sp³-hybridized carbons (Fsp3) is 0.400. The van der Waals surface area contributed by atoms with Gasteiger partial charge in [-0.3, -0.25) is 0 Å². The van der Waals surface area contributed by atoms with Crippen LogP contribution in [0.25, 0.3) is 0 Å². The molecule has 0 amide bonds. The summed E-state index contributed by atoms with van der Waals surface area (Å²) in [5.41, 5.74) is 6.31. The molecule has 1 saturated heterocycles. The second-order valence-corrected chi connectivity index (χ2v) is 3.17. The van der Waals surface area contributed by atoms with Crippen LogP contribution in [0.15, 0.2) is 24.3 Å². The maximum absolute atomic E-state index is 5.65. The Morgan fingerprint density at radius 3 is 2.69 bits per heavy atom. The number of nitrogens with two attached hydrogens (primary N) is 1. The highest BCUT2D eigenvalue weighted by molar-refractivity contribution is 5.41. The van der Waals surface area contributed by atoms with Crippen molar-refractivity contribution in [2.24, 2.45) is 0 Å². The summed E-state index contributed by atoms with van der Waals surface area (Å²) >= 11 is 0. The van der Waals surface area contributed by atoms with Gasteiger partial charge < -0.3 is 15.2 Å². The maximum Gasteiger partial charge on any atom is 0.124 e. The van der Waals surface area contributed by atoms with E-state index in [9.17, 15) is 0 Å². The normalized spacial score (nSPS) is 21.7. The van der Waals surface area contributed by atoms with Crippen molar-refractivity contribution in [3.8, 4) is 5.75 Å². The highest BCUT2D eigenvalue weighted by atomic mass is 16.5. The Bertz CT molecular complexity index is 265. The van der Waals surface area contributed by atoms with Gasteiger partial charge in [0.1, 0.15) is 11.9 Å². The molecule has 0 bridgehead atoms. The van der Waals surface area contributed by atoms with Crippen molar-refractivity contribution >= 4 is 5.69 Å². The van der Waals surface area contributed by atoms with Crippen LogP contribution in [0.3, 0.4) is 0 Å². The van der Waals surface area contributed by atoms with Crippen molar-refractivity contribution in [3.05, 3.63) is 24.3 Å². The molecule has 0 unspecified atom stereocenters. The molecule has 0 aliphatic carbocycles. The van der Waals surface area contributed by atoms with Crippen LogP contribution in [-0.4, -0.2) is 19.3 Å². The number of hydrogen-bond donors (Lipinski definition) is 1. The average molecular weight is 179 g/mol. The average Bonchev–Trinajstić information content (AvgIpc) is 2.62. The molecule has 2 rings (SSSR count). The van der Waals surface area contributed by atoms with Gasteiger partial charge in [-0.25, -0.2) is 0 Å². The Hall–Kier alpha value is -1.22. The molecule has 3 heteroatoms. The molecule has 0 radical (unpaired) electrons. The van der Waals surface area contributed by atoms with E-state index in [4.69, 9.17) is 15.2 Å². The van der Waals surface area contributed by atoms with Crippen LogP contribution in [0.4, 0.5) is 5.69 Å². The quantitative estimate of drug-likeness (QED) is 0.698. The molecule has 3 nitrogen and oxygen atoms in total. The Kier molecular flexibility index (Phi) is 2.36. The van der Waals surface area contributed by atoms with Crippen LogP contribution < -0.4 is 10.5 Å². The number of rotatable bonds is 2. The topological polar surface area (TPSA) is 44.5 Å². The van der Waals surface area contributed by atoms with E-state index in [1.807, 2.05) is 24.3 Å². The Morgan fingerprint density at radius 1 is 1.31 bits per heavy atom. The van der Waals surface area contributed by atoms with E-state index >= 15 is 0 Å². The third-order valence-electron chi connectivity index (χ3n) is 2.07. The molecule has 1 fully saturated rings. The SMILES string of the molecule is Nc1ccc(O[C@@H]2CCOC2)cc1. The van der Waals surface area contributed by atoms with Gasteiger partial charge >= 0.3 is 0 Å². The molecule has 2 N–H and O–H groups in total. The first kappa shape index (κ1) is 8.38. The molecule has 1 aliphatic heterocycles. The van der Waals surface area contributed by atoms with E-state index in [2.05, 4.69) is 0 Å². The summed E-state index contributed by atoms with van der Waals surface area (Å²) in [7, 11) is 0. The van der Waals surface area contributed by atoms with Gasteiger partial charge in [0.15, 0.2) is 0 Å². The Morgan fingerprint density at radius 2 is 2.08 bits per heavy atom. The van der Waals surface area contributed by atoms with E-state index < -0.39 is 0 Å². The predicted octanol–water partition coefficient (Wildman–Crippen LogP) is 1.44. The van der Waals surface area contributed by atoms with Gasteiger partial charge in [0.25, 0.3) is 0 Å². The molecule has 70 valence electrons. The number of hydrogen-bond acceptors (Lipinski definition) is 3. The zero-order chi connectivity index (χ0) is 9.10. The summed E-state index contributed by atoms with van der Waals surface area (Å²) in [5.74, 6) is 0.865. The highest BCUT2D eigenvalue weighted by Crippen LogP contribution is 2.17. The number of anilines is 1. The predicted molar refractivity (Wildman–Crippen MR) is 50.7 cm³/mol. The zero-order valence-corrected chi connectivity index (χ0v) is 7.40. The van der Waals surface area contributed by atoms with Crippen molar-refractivity contribution < 1.29 is 9.47 Å². The van der Waals surface area contributed by atoms with Crippen LogP contribution in [-0.2, 0) is 4.74 Å². The van der Waals surface area contributed by atoms with Gasteiger partial charge in [-0.15, -0.1) is 0 Å². The first-order valence-corrected chi connectivity index (χ1v) is 4.44. The van der Waals surface area contributed by atoms with Gasteiger partial charge in [-0.2, -0.15) is 0 Å².